The first-order valence-corrected chi connectivity index (χ1v) is 6.27. The molecule has 3 rings (SSSR count). The first-order valence-electron chi connectivity index (χ1n) is 6.27. The van der Waals surface area contributed by atoms with Crippen molar-refractivity contribution in [3.05, 3.63) is 53.6 Å². The van der Waals surface area contributed by atoms with Crippen LogP contribution in [0.1, 0.15) is 23.4 Å². The van der Waals surface area contributed by atoms with Gasteiger partial charge in [-0.05, 0) is 24.0 Å². The summed E-state index contributed by atoms with van der Waals surface area (Å²) in [5.74, 6) is 0.896. The number of H-pyrrole nitrogens is 1. The van der Waals surface area contributed by atoms with Crippen LogP contribution in [0, 0.1) is 0 Å². The van der Waals surface area contributed by atoms with Crippen LogP contribution < -0.4 is 5.32 Å². The van der Waals surface area contributed by atoms with Crippen LogP contribution in [-0.4, -0.2) is 21.7 Å². The van der Waals surface area contributed by atoms with Crippen LogP contribution in [0.5, 0.6) is 0 Å². The van der Waals surface area contributed by atoms with Gasteiger partial charge in [-0.1, -0.05) is 24.3 Å². The van der Waals surface area contributed by atoms with Gasteiger partial charge in [0.1, 0.15) is 5.82 Å². The van der Waals surface area contributed by atoms with E-state index in [0.29, 0.717) is 6.54 Å². The first-order chi connectivity index (χ1) is 8.84. The molecule has 0 aliphatic heterocycles. The van der Waals surface area contributed by atoms with Gasteiger partial charge in [0, 0.05) is 12.4 Å². The second kappa shape index (κ2) is 4.55. The standard InChI is InChI=1S/C14H17N3O/c18-10-14(17-9-13-15-7-8-16-13)6-5-11-3-1-2-4-12(11)14/h1-4,7-8,17-18H,5-6,9-10H2,(H,15,16). The molecule has 1 aliphatic rings. The van der Waals surface area contributed by atoms with Gasteiger partial charge in [-0.25, -0.2) is 4.98 Å². The molecule has 4 nitrogen and oxygen atoms in total. The van der Waals surface area contributed by atoms with Crippen molar-refractivity contribution in [1.29, 1.82) is 0 Å². The lowest BCUT2D eigenvalue weighted by atomic mass is 9.92. The molecule has 2 aromatic rings. The average molecular weight is 243 g/mol. The van der Waals surface area contributed by atoms with Crippen molar-refractivity contribution in [3.8, 4) is 0 Å². The maximum atomic E-state index is 9.80. The zero-order chi connectivity index (χ0) is 12.4. The summed E-state index contributed by atoms with van der Waals surface area (Å²) in [6.45, 7) is 0.757. The summed E-state index contributed by atoms with van der Waals surface area (Å²) in [7, 11) is 0. The molecule has 0 spiro atoms. The molecule has 0 radical (unpaired) electrons. The Morgan fingerprint density at radius 1 is 1.39 bits per heavy atom. The molecule has 1 heterocycles. The molecule has 0 amide bonds. The molecule has 18 heavy (non-hydrogen) atoms. The van der Waals surface area contributed by atoms with Gasteiger partial charge in [0.15, 0.2) is 0 Å². The van der Waals surface area contributed by atoms with Crippen LogP contribution in [0.4, 0.5) is 0 Å². The Morgan fingerprint density at radius 3 is 3.06 bits per heavy atom. The number of hydrogen-bond acceptors (Lipinski definition) is 3. The zero-order valence-corrected chi connectivity index (χ0v) is 10.2. The van der Waals surface area contributed by atoms with E-state index in [1.54, 1.807) is 6.20 Å². The number of aryl methyl sites for hydroxylation is 1. The molecular weight excluding hydrogens is 226 g/mol. The molecule has 1 unspecified atom stereocenters. The van der Waals surface area contributed by atoms with E-state index in [9.17, 15) is 5.11 Å². The Labute approximate surface area is 106 Å². The summed E-state index contributed by atoms with van der Waals surface area (Å²) in [5.41, 5.74) is 2.24. The number of rotatable bonds is 4. The molecule has 1 aromatic heterocycles. The van der Waals surface area contributed by atoms with Crippen LogP contribution in [0.3, 0.4) is 0 Å². The Balaban J connectivity index is 1.83. The predicted octanol–water partition coefficient (Wildman–Crippen LogP) is 1.33. The molecule has 3 N–H and O–H groups in total. The van der Waals surface area contributed by atoms with E-state index in [0.717, 1.165) is 18.7 Å². The third-order valence-electron chi connectivity index (χ3n) is 3.77. The number of benzene rings is 1. The van der Waals surface area contributed by atoms with E-state index >= 15 is 0 Å². The number of aliphatic hydroxyl groups excluding tert-OH is 1. The van der Waals surface area contributed by atoms with Crippen molar-refractivity contribution in [2.75, 3.05) is 6.61 Å². The Kier molecular flexibility index (Phi) is 2.89. The van der Waals surface area contributed by atoms with Crippen LogP contribution in [0.25, 0.3) is 0 Å². The Morgan fingerprint density at radius 2 is 2.28 bits per heavy atom. The number of fused-ring (bicyclic) bond motifs is 1. The van der Waals surface area contributed by atoms with Gasteiger partial charge in [0.2, 0.25) is 0 Å². The van der Waals surface area contributed by atoms with Gasteiger partial charge in [0.05, 0.1) is 18.7 Å². The van der Waals surface area contributed by atoms with Crippen LogP contribution in [0.15, 0.2) is 36.7 Å². The maximum absolute atomic E-state index is 9.80. The molecule has 1 aliphatic carbocycles. The fraction of sp³-hybridized carbons (Fsp3) is 0.357. The highest BCUT2D eigenvalue weighted by molar-refractivity contribution is 5.38. The summed E-state index contributed by atoms with van der Waals surface area (Å²) < 4.78 is 0. The SMILES string of the molecule is OCC1(NCc2ncc[nH]2)CCc2ccccc21. The lowest BCUT2D eigenvalue weighted by Gasteiger charge is -2.29. The van der Waals surface area contributed by atoms with E-state index in [1.165, 1.54) is 11.1 Å². The smallest absolute Gasteiger partial charge is 0.120 e. The molecule has 94 valence electrons. The third kappa shape index (κ3) is 1.83. The molecule has 0 saturated heterocycles. The number of aromatic nitrogens is 2. The minimum atomic E-state index is -0.316. The van der Waals surface area contributed by atoms with Crippen LogP contribution >= 0.6 is 0 Å². The molecule has 0 saturated carbocycles. The summed E-state index contributed by atoms with van der Waals surface area (Å²) in [5, 5.41) is 13.3. The second-order valence-corrected chi connectivity index (χ2v) is 4.79. The van der Waals surface area contributed by atoms with Gasteiger partial charge in [-0.15, -0.1) is 0 Å². The highest BCUT2D eigenvalue weighted by atomic mass is 16.3. The number of imidazole rings is 1. The minimum absolute atomic E-state index is 0.116. The van der Waals surface area contributed by atoms with E-state index in [-0.39, 0.29) is 12.1 Å². The molecule has 0 bridgehead atoms. The van der Waals surface area contributed by atoms with Crippen molar-refractivity contribution >= 4 is 0 Å². The topological polar surface area (TPSA) is 60.9 Å². The van der Waals surface area contributed by atoms with Gasteiger partial charge in [-0.2, -0.15) is 0 Å². The maximum Gasteiger partial charge on any atom is 0.120 e. The highest BCUT2D eigenvalue weighted by Gasteiger charge is 2.37. The second-order valence-electron chi connectivity index (χ2n) is 4.79. The fourth-order valence-electron chi connectivity index (χ4n) is 2.74. The molecule has 4 heteroatoms. The molecular formula is C14H17N3O. The summed E-state index contributed by atoms with van der Waals surface area (Å²) in [6.07, 6.45) is 5.50. The monoisotopic (exact) mass is 243 g/mol. The van der Waals surface area contributed by atoms with E-state index < -0.39 is 0 Å². The molecule has 0 fully saturated rings. The molecule has 1 aromatic carbocycles. The largest absolute Gasteiger partial charge is 0.394 e. The van der Waals surface area contributed by atoms with Crippen molar-refractivity contribution in [2.24, 2.45) is 0 Å². The summed E-state index contributed by atoms with van der Waals surface area (Å²) in [6, 6.07) is 8.33. The fourth-order valence-corrected chi connectivity index (χ4v) is 2.74. The number of aromatic amines is 1. The van der Waals surface area contributed by atoms with Crippen molar-refractivity contribution < 1.29 is 5.11 Å². The number of hydrogen-bond donors (Lipinski definition) is 3. The first kappa shape index (κ1) is 11.4. The third-order valence-corrected chi connectivity index (χ3v) is 3.77. The van der Waals surface area contributed by atoms with E-state index in [2.05, 4.69) is 33.5 Å². The van der Waals surface area contributed by atoms with Gasteiger partial charge >= 0.3 is 0 Å². The molecule has 1 atom stereocenters. The van der Waals surface area contributed by atoms with Crippen molar-refractivity contribution in [2.45, 2.75) is 24.9 Å². The Hall–Kier alpha value is -1.65. The minimum Gasteiger partial charge on any atom is -0.394 e. The van der Waals surface area contributed by atoms with Crippen LogP contribution in [-0.2, 0) is 18.5 Å². The van der Waals surface area contributed by atoms with Gasteiger partial charge in [0.25, 0.3) is 0 Å². The summed E-state index contributed by atoms with van der Waals surface area (Å²) >= 11 is 0. The van der Waals surface area contributed by atoms with Crippen molar-refractivity contribution in [3.63, 3.8) is 0 Å². The quantitative estimate of drug-likeness (QED) is 0.759. The lowest BCUT2D eigenvalue weighted by Crippen LogP contribution is -2.43. The zero-order valence-electron chi connectivity index (χ0n) is 10.2. The predicted molar refractivity (Wildman–Crippen MR) is 69.0 cm³/mol. The average Bonchev–Trinajstić information content (AvgIpc) is 3.05. The van der Waals surface area contributed by atoms with E-state index in [1.807, 2.05) is 12.3 Å². The van der Waals surface area contributed by atoms with E-state index in [4.69, 9.17) is 0 Å². The number of aliphatic hydroxyl groups is 1. The van der Waals surface area contributed by atoms with Crippen molar-refractivity contribution in [1.82, 2.24) is 15.3 Å². The highest BCUT2D eigenvalue weighted by Crippen LogP contribution is 2.36. The van der Waals surface area contributed by atoms with Gasteiger partial charge in [-0.3, -0.25) is 5.32 Å². The number of nitrogens with zero attached hydrogens (tertiary/aromatic N) is 1. The normalized spacial score (nSPS) is 22.1. The van der Waals surface area contributed by atoms with Crippen LogP contribution in [0.2, 0.25) is 0 Å². The van der Waals surface area contributed by atoms with Gasteiger partial charge < -0.3 is 10.1 Å². The number of nitrogens with one attached hydrogen (secondary N) is 2. The lowest BCUT2D eigenvalue weighted by molar-refractivity contribution is 0.158. The summed E-state index contributed by atoms with van der Waals surface area (Å²) in [4.78, 5) is 7.27. The Bertz CT molecular complexity index is 524.